The van der Waals surface area contributed by atoms with E-state index in [4.69, 9.17) is 4.74 Å². The summed E-state index contributed by atoms with van der Waals surface area (Å²) in [6, 6.07) is 8.33. The lowest BCUT2D eigenvalue weighted by atomic mass is 9.97. The van der Waals surface area contributed by atoms with E-state index in [-0.39, 0.29) is 6.09 Å². The SMILES string of the molecule is O=C1OCCN1c1cccc2c1CCN(c1cc(N3CCCCC3)ncn1)C2. The van der Waals surface area contributed by atoms with Crippen molar-refractivity contribution < 1.29 is 9.53 Å². The quantitative estimate of drug-likeness (QED) is 0.817. The van der Waals surface area contributed by atoms with E-state index < -0.39 is 0 Å². The number of carbonyl (C=O) groups excluding carboxylic acids is 1. The molecule has 3 aliphatic heterocycles. The predicted octanol–water partition coefficient (Wildman–Crippen LogP) is 2.99. The molecule has 28 heavy (non-hydrogen) atoms. The van der Waals surface area contributed by atoms with Gasteiger partial charge in [-0.15, -0.1) is 0 Å². The van der Waals surface area contributed by atoms with Crippen LogP contribution in [0, 0.1) is 0 Å². The molecule has 1 aromatic carbocycles. The molecule has 0 saturated carbocycles. The van der Waals surface area contributed by atoms with Gasteiger partial charge in [0, 0.05) is 32.2 Å². The van der Waals surface area contributed by atoms with E-state index in [1.165, 1.54) is 30.4 Å². The van der Waals surface area contributed by atoms with Gasteiger partial charge in [0.15, 0.2) is 0 Å². The van der Waals surface area contributed by atoms with Gasteiger partial charge in [0.05, 0.1) is 12.2 Å². The summed E-state index contributed by atoms with van der Waals surface area (Å²) in [4.78, 5) is 27.5. The van der Waals surface area contributed by atoms with Crippen molar-refractivity contribution in [3.05, 3.63) is 41.7 Å². The normalized spacial score (nSPS) is 19.6. The molecule has 0 spiro atoms. The second kappa shape index (κ2) is 7.30. The van der Waals surface area contributed by atoms with Gasteiger partial charge in [-0.05, 0) is 42.9 Å². The Morgan fingerprint density at radius 2 is 1.75 bits per heavy atom. The van der Waals surface area contributed by atoms with Gasteiger partial charge in [-0.1, -0.05) is 12.1 Å². The maximum atomic E-state index is 12.0. The monoisotopic (exact) mass is 379 g/mol. The number of fused-ring (bicyclic) bond motifs is 1. The van der Waals surface area contributed by atoms with E-state index in [1.807, 2.05) is 12.1 Å². The Morgan fingerprint density at radius 3 is 2.54 bits per heavy atom. The molecule has 2 fully saturated rings. The van der Waals surface area contributed by atoms with Gasteiger partial charge < -0.3 is 14.5 Å². The zero-order valence-electron chi connectivity index (χ0n) is 16.0. The summed E-state index contributed by atoms with van der Waals surface area (Å²) >= 11 is 0. The van der Waals surface area contributed by atoms with Crippen LogP contribution in [0.25, 0.3) is 0 Å². The molecular formula is C21H25N5O2. The van der Waals surface area contributed by atoms with Crippen LogP contribution < -0.4 is 14.7 Å². The summed E-state index contributed by atoms with van der Waals surface area (Å²) in [5.74, 6) is 2.01. The maximum Gasteiger partial charge on any atom is 0.414 e. The van der Waals surface area contributed by atoms with Crippen molar-refractivity contribution in [1.82, 2.24) is 9.97 Å². The number of hydrogen-bond acceptors (Lipinski definition) is 6. The van der Waals surface area contributed by atoms with Crippen LogP contribution in [0.5, 0.6) is 0 Å². The Bertz CT molecular complexity index is 881. The van der Waals surface area contributed by atoms with Crippen LogP contribution in [-0.2, 0) is 17.7 Å². The van der Waals surface area contributed by atoms with Gasteiger partial charge in [-0.2, -0.15) is 0 Å². The van der Waals surface area contributed by atoms with Crippen LogP contribution in [0.1, 0.15) is 30.4 Å². The molecule has 4 heterocycles. The number of carbonyl (C=O) groups is 1. The molecule has 0 atom stereocenters. The van der Waals surface area contributed by atoms with Crippen molar-refractivity contribution in [3.8, 4) is 0 Å². The van der Waals surface area contributed by atoms with Gasteiger partial charge in [0.25, 0.3) is 0 Å². The zero-order chi connectivity index (χ0) is 18.9. The van der Waals surface area contributed by atoms with Crippen molar-refractivity contribution in [2.75, 3.05) is 47.5 Å². The van der Waals surface area contributed by atoms with Crippen LogP contribution >= 0.6 is 0 Å². The van der Waals surface area contributed by atoms with Gasteiger partial charge in [-0.3, -0.25) is 4.90 Å². The fraction of sp³-hybridized carbons (Fsp3) is 0.476. The fourth-order valence-corrected chi connectivity index (χ4v) is 4.46. The number of anilines is 3. The number of rotatable bonds is 3. The summed E-state index contributed by atoms with van der Waals surface area (Å²) in [5.41, 5.74) is 3.50. The van der Waals surface area contributed by atoms with E-state index in [0.29, 0.717) is 13.2 Å². The van der Waals surface area contributed by atoms with Crippen LogP contribution in [0.2, 0.25) is 0 Å². The second-order valence-electron chi connectivity index (χ2n) is 7.63. The minimum absolute atomic E-state index is 0.238. The molecule has 0 N–H and O–H groups in total. The predicted molar refractivity (Wildman–Crippen MR) is 108 cm³/mol. The highest BCUT2D eigenvalue weighted by Gasteiger charge is 2.29. The van der Waals surface area contributed by atoms with Gasteiger partial charge in [-0.25, -0.2) is 14.8 Å². The topological polar surface area (TPSA) is 61.8 Å². The number of aromatic nitrogens is 2. The summed E-state index contributed by atoms with van der Waals surface area (Å²) in [5, 5.41) is 0. The van der Waals surface area contributed by atoms with Crippen molar-refractivity contribution in [2.24, 2.45) is 0 Å². The molecule has 2 aromatic rings. The Morgan fingerprint density at radius 1 is 0.929 bits per heavy atom. The van der Waals surface area contributed by atoms with Gasteiger partial charge >= 0.3 is 6.09 Å². The van der Waals surface area contributed by atoms with Crippen LogP contribution in [-0.4, -0.2) is 48.8 Å². The Kier molecular flexibility index (Phi) is 4.50. The molecule has 0 aliphatic carbocycles. The van der Waals surface area contributed by atoms with Crippen LogP contribution in [0.4, 0.5) is 22.1 Å². The van der Waals surface area contributed by atoms with E-state index in [9.17, 15) is 4.79 Å². The summed E-state index contributed by atoms with van der Waals surface area (Å²) in [6.07, 6.45) is 6.11. The third kappa shape index (κ3) is 3.15. The summed E-state index contributed by atoms with van der Waals surface area (Å²) in [7, 11) is 0. The molecule has 0 unspecified atom stereocenters. The van der Waals surface area contributed by atoms with Crippen LogP contribution in [0.3, 0.4) is 0 Å². The lowest BCUT2D eigenvalue weighted by Gasteiger charge is -2.33. The highest BCUT2D eigenvalue weighted by molar-refractivity contribution is 5.90. The fourth-order valence-electron chi connectivity index (χ4n) is 4.46. The van der Waals surface area contributed by atoms with E-state index >= 15 is 0 Å². The lowest BCUT2D eigenvalue weighted by molar-refractivity contribution is 0.181. The minimum Gasteiger partial charge on any atom is -0.447 e. The molecule has 5 rings (SSSR count). The number of cyclic esters (lactones) is 1. The number of hydrogen-bond donors (Lipinski definition) is 0. The number of benzene rings is 1. The number of amides is 1. The van der Waals surface area contributed by atoms with E-state index in [1.54, 1.807) is 11.2 Å². The summed E-state index contributed by atoms with van der Waals surface area (Å²) in [6.45, 7) is 4.92. The molecule has 146 valence electrons. The lowest BCUT2D eigenvalue weighted by Crippen LogP contribution is -2.34. The number of nitrogens with zero attached hydrogens (tertiary/aromatic N) is 5. The molecule has 1 amide bonds. The number of ether oxygens (including phenoxy) is 1. The Hall–Kier alpha value is -2.83. The zero-order valence-corrected chi connectivity index (χ0v) is 16.0. The molecule has 0 bridgehead atoms. The molecule has 1 aromatic heterocycles. The average Bonchev–Trinajstić information content (AvgIpc) is 3.19. The first-order valence-electron chi connectivity index (χ1n) is 10.2. The van der Waals surface area contributed by atoms with E-state index in [2.05, 4.69) is 31.9 Å². The smallest absolute Gasteiger partial charge is 0.414 e. The first-order chi connectivity index (χ1) is 13.8. The maximum absolute atomic E-state index is 12.0. The Balaban J connectivity index is 1.38. The first-order valence-corrected chi connectivity index (χ1v) is 10.2. The van der Waals surface area contributed by atoms with Gasteiger partial charge in [0.1, 0.15) is 24.6 Å². The first kappa shape index (κ1) is 17.3. The third-order valence-electron chi connectivity index (χ3n) is 5.94. The molecular weight excluding hydrogens is 354 g/mol. The second-order valence-corrected chi connectivity index (χ2v) is 7.63. The Labute approximate surface area is 164 Å². The van der Waals surface area contributed by atoms with Crippen LogP contribution in [0.15, 0.2) is 30.6 Å². The van der Waals surface area contributed by atoms with Crippen molar-refractivity contribution in [1.29, 1.82) is 0 Å². The van der Waals surface area contributed by atoms with E-state index in [0.717, 1.165) is 49.9 Å². The van der Waals surface area contributed by atoms with Crippen molar-refractivity contribution in [3.63, 3.8) is 0 Å². The van der Waals surface area contributed by atoms with Crippen molar-refractivity contribution >= 4 is 23.4 Å². The highest BCUT2D eigenvalue weighted by atomic mass is 16.6. The molecule has 7 nitrogen and oxygen atoms in total. The average molecular weight is 379 g/mol. The van der Waals surface area contributed by atoms with Crippen molar-refractivity contribution in [2.45, 2.75) is 32.2 Å². The molecule has 3 aliphatic rings. The molecule has 2 saturated heterocycles. The largest absolute Gasteiger partial charge is 0.447 e. The molecule has 0 radical (unpaired) electrons. The minimum atomic E-state index is -0.238. The van der Waals surface area contributed by atoms with Gasteiger partial charge in [0.2, 0.25) is 0 Å². The molecule has 7 heteroatoms. The number of piperidine rings is 1. The third-order valence-corrected chi connectivity index (χ3v) is 5.94. The standard InChI is InChI=1S/C21H25N5O2/c27-21-26(11-12-28-21)18-6-4-5-16-14-25(10-7-17(16)18)20-13-19(22-15-23-20)24-8-2-1-3-9-24/h4-6,13,15H,1-3,7-12,14H2. The summed E-state index contributed by atoms with van der Waals surface area (Å²) < 4.78 is 5.13. The highest BCUT2D eigenvalue weighted by Crippen LogP contribution is 2.32.